The lowest BCUT2D eigenvalue weighted by molar-refractivity contribution is 0.584. The molecule has 4 unspecified atom stereocenters. The van der Waals surface area contributed by atoms with Gasteiger partial charge in [0.15, 0.2) is 11.6 Å². The van der Waals surface area contributed by atoms with Gasteiger partial charge in [-0.25, -0.2) is 19.9 Å². The molecule has 4 atom stereocenters. The van der Waals surface area contributed by atoms with E-state index in [0.717, 1.165) is 22.8 Å². The van der Waals surface area contributed by atoms with Crippen molar-refractivity contribution in [3.05, 3.63) is 168 Å². The number of hydrogen-bond acceptors (Lipinski definition) is 4. The number of aromatic nitrogens is 6. The highest BCUT2D eigenvalue weighted by molar-refractivity contribution is 6.17. The monoisotopic (exact) mass is 748 g/mol. The number of rotatable bonds is 4. The summed E-state index contributed by atoms with van der Waals surface area (Å²) in [6, 6.07) is 44.2. The SMILES string of the molecule is CC1c2cc3c4cc(-c5ncccn5)ccc4n(-c4ccccc4)c3c3c2-c2c(cc4c5cc(-c6ncccn6)ccc5n(-c5ccccc5)c4c2C1C)C(C)C3C. The number of para-hydroxylation sites is 2. The molecule has 12 rings (SSSR count). The Bertz CT molecular complexity index is 3050. The molecule has 58 heavy (non-hydrogen) atoms. The molecule has 6 nitrogen and oxygen atoms in total. The molecule has 2 aliphatic rings. The summed E-state index contributed by atoms with van der Waals surface area (Å²) in [5, 5.41) is 5.06. The average molecular weight is 749 g/mol. The van der Waals surface area contributed by atoms with E-state index in [1.54, 1.807) is 0 Å². The van der Waals surface area contributed by atoms with Gasteiger partial charge in [0.25, 0.3) is 0 Å². The molecule has 278 valence electrons. The van der Waals surface area contributed by atoms with Crippen molar-refractivity contribution in [2.45, 2.75) is 51.4 Å². The second-order valence-electron chi connectivity index (χ2n) is 16.4. The molecule has 0 aliphatic heterocycles. The standard InChI is InChI=1S/C52H40N6/c1-29-31(3)45-48-38(28-42-40-26-34(52-55-23-12-24-56-52)18-20-44(40)57(49(42)45)35-13-7-5-8-14-35)30(2)32(4)46-47(48)37(29)27-41-39-25-33(51-53-21-11-22-54-51)17-19-43(39)58(50(41)46)36-15-9-6-10-16-36/h5-32H,1-4H3. The molecule has 10 aromatic rings. The quantitative estimate of drug-likeness (QED) is 0.180. The zero-order chi connectivity index (χ0) is 38.8. The average Bonchev–Trinajstić information content (AvgIpc) is 3.79. The maximum absolute atomic E-state index is 4.65. The zero-order valence-corrected chi connectivity index (χ0v) is 32.8. The third-order valence-corrected chi connectivity index (χ3v) is 13.6. The van der Waals surface area contributed by atoms with Crippen molar-refractivity contribution < 1.29 is 0 Å². The zero-order valence-electron chi connectivity index (χ0n) is 32.8. The van der Waals surface area contributed by atoms with Gasteiger partial charge in [-0.15, -0.1) is 0 Å². The molecule has 0 bridgehead atoms. The van der Waals surface area contributed by atoms with Crippen LogP contribution >= 0.6 is 0 Å². The largest absolute Gasteiger partial charge is 0.309 e. The lowest BCUT2D eigenvalue weighted by atomic mass is 9.62. The molecule has 4 aromatic heterocycles. The molecule has 0 radical (unpaired) electrons. The summed E-state index contributed by atoms with van der Waals surface area (Å²) in [4.78, 5) is 18.6. The number of benzene rings is 6. The third kappa shape index (κ3) is 4.48. The number of nitrogens with zero attached hydrogens (tertiary/aromatic N) is 6. The summed E-state index contributed by atoms with van der Waals surface area (Å²) in [6.45, 7) is 9.83. The Labute approximate surface area is 336 Å². The van der Waals surface area contributed by atoms with Gasteiger partial charge in [-0.1, -0.05) is 64.1 Å². The summed E-state index contributed by atoms with van der Waals surface area (Å²) in [5.74, 6) is 2.55. The molecular weight excluding hydrogens is 709 g/mol. The highest BCUT2D eigenvalue weighted by atomic mass is 15.0. The minimum atomic E-state index is 0.260. The maximum Gasteiger partial charge on any atom is 0.159 e. The van der Waals surface area contributed by atoms with Crippen molar-refractivity contribution in [3.8, 4) is 45.3 Å². The van der Waals surface area contributed by atoms with Crippen molar-refractivity contribution in [1.29, 1.82) is 0 Å². The fourth-order valence-electron chi connectivity index (χ4n) is 10.5. The predicted octanol–water partition coefficient (Wildman–Crippen LogP) is 12.9. The molecule has 0 spiro atoms. The van der Waals surface area contributed by atoms with E-state index in [4.69, 9.17) is 0 Å². The third-order valence-electron chi connectivity index (χ3n) is 13.6. The molecule has 0 saturated carbocycles. The molecule has 0 fully saturated rings. The van der Waals surface area contributed by atoms with Gasteiger partial charge in [-0.05, 0) is 142 Å². The first-order valence-corrected chi connectivity index (χ1v) is 20.4. The maximum atomic E-state index is 4.65. The van der Waals surface area contributed by atoms with Gasteiger partial charge in [-0.3, -0.25) is 0 Å². The van der Waals surface area contributed by atoms with Gasteiger partial charge in [0.2, 0.25) is 0 Å². The van der Waals surface area contributed by atoms with Crippen LogP contribution in [0.25, 0.3) is 88.9 Å². The van der Waals surface area contributed by atoms with Crippen molar-refractivity contribution in [3.63, 3.8) is 0 Å². The van der Waals surface area contributed by atoms with E-state index < -0.39 is 0 Å². The van der Waals surface area contributed by atoms with Crippen LogP contribution < -0.4 is 0 Å². The van der Waals surface area contributed by atoms with E-state index in [0.29, 0.717) is 0 Å². The fraction of sp³-hybridized carbons (Fsp3) is 0.154. The van der Waals surface area contributed by atoms with E-state index >= 15 is 0 Å². The normalized spacial score (nSPS) is 18.3. The van der Waals surface area contributed by atoms with Crippen LogP contribution in [-0.2, 0) is 0 Å². The number of fused-ring (bicyclic) bond motifs is 8. The Hall–Kier alpha value is -6.92. The summed E-state index contributed by atoms with van der Waals surface area (Å²) < 4.78 is 5.05. The van der Waals surface area contributed by atoms with Crippen LogP contribution in [0.15, 0.2) is 146 Å². The van der Waals surface area contributed by atoms with E-state index in [-0.39, 0.29) is 23.7 Å². The summed E-state index contributed by atoms with van der Waals surface area (Å²) >= 11 is 0. The Morgan fingerprint density at radius 3 is 1.19 bits per heavy atom. The van der Waals surface area contributed by atoms with Gasteiger partial charge < -0.3 is 9.13 Å². The van der Waals surface area contributed by atoms with Crippen molar-refractivity contribution in [2.24, 2.45) is 0 Å². The first kappa shape index (κ1) is 33.2. The summed E-state index contributed by atoms with van der Waals surface area (Å²) in [5.41, 5.74) is 18.1. The van der Waals surface area contributed by atoms with Gasteiger partial charge >= 0.3 is 0 Å². The Balaban J connectivity index is 1.24. The minimum absolute atomic E-state index is 0.260. The van der Waals surface area contributed by atoms with E-state index in [2.05, 4.69) is 166 Å². The molecular formula is C52H40N6. The summed E-state index contributed by atoms with van der Waals surface area (Å²) in [6.07, 6.45) is 7.30. The first-order chi connectivity index (χ1) is 28.5. The van der Waals surface area contributed by atoms with E-state index in [1.165, 1.54) is 88.4 Å². The molecule has 4 heterocycles. The van der Waals surface area contributed by atoms with Crippen molar-refractivity contribution >= 4 is 43.6 Å². The molecule has 6 aromatic carbocycles. The van der Waals surface area contributed by atoms with Crippen molar-refractivity contribution in [2.75, 3.05) is 0 Å². The Kier molecular flexibility index (Phi) is 7.04. The molecule has 2 aliphatic carbocycles. The highest BCUT2D eigenvalue weighted by Gasteiger charge is 2.42. The smallest absolute Gasteiger partial charge is 0.159 e. The number of hydrogen-bond donors (Lipinski definition) is 0. The molecule has 6 heteroatoms. The highest BCUT2D eigenvalue weighted by Crippen LogP contribution is 2.61. The van der Waals surface area contributed by atoms with E-state index in [1.807, 2.05) is 36.9 Å². The fourth-order valence-corrected chi connectivity index (χ4v) is 10.5. The topological polar surface area (TPSA) is 61.4 Å². The lowest BCUT2D eigenvalue weighted by Crippen LogP contribution is -2.24. The first-order valence-electron chi connectivity index (χ1n) is 20.4. The second kappa shape index (κ2) is 12.3. The van der Waals surface area contributed by atoms with Crippen LogP contribution in [0.5, 0.6) is 0 Å². The minimum Gasteiger partial charge on any atom is -0.309 e. The Morgan fingerprint density at radius 2 is 0.793 bits per heavy atom. The van der Waals surface area contributed by atoms with Crippen molar-refractivity contribution in [1.82, 2.24) is 29.1 Å². The molecule has 0 N–H and O–H groups in total. The van der Waals surface area contributed by atoms with Gasteiger partial charge in [0, 0.05) is 68.8 Å². The van der Waals surface area contributed by atoms with Crippen LogP contribution in [-0.4, -0.2) is 29.1 Å². The van der Waals surface area contributed by atoms with Gasteiger partial charge in [0.1, 0.15) is 0 Å². The van der Waals surface area contributed by atoms with Crippen LogP contribution in [0.2, 0.25) is 0 Å². The van der Waals surface area contributed by atoms with Crippen LogP contribution in [0.1, 0.15) is 73.6 Å². The molecule has 0 amide bonds. The van der Waals surface area contributed by atoms with Crippen LogP contribution in [0.4, 0.5) is 0 Å². The van der Waals surface area contributed by atoms with Crippen LogP contribution in [0.3, 0.4) is 0 Å². The van der Waals surface area contributed by atoms with E-state index in [9.17, 15) is 0 Å². The summed E-state index contributed by atoms with van der Waals surface area (Å²) in [7, 11) is 0. The second-order valence-corrected chi connectivity index (χ2v) is 16.4. The predicted molar refractivity (Wildman–Crippen MR) is 236 cm³/mol. The van der Waals surface area contributed by atoms with Gasteiger partial charge in [-0.2, -0.15) is 0 Å². The lowest BCUT2D eigenvalue weighted by Gasteiger charge is -2.42. The van der Waals surface area contributed by atoms with Gasteiger partial charge in [0.05, 0.1) is 22.1 Å². The Morgan fingerprint density at radius 1 is 0.397 bits per heavy atom. The van der Waals surface area contributed by atoms with Crippen LogP contribution in [0, 0.1) is 0 Å². The molecule has 0 saturated heterocycles.